The predicted molar refractivity (Wildman–Crippen MR) is 74.8 cm³/mol. The van der Waals surface area contributed by atoms with Gasteiger partial charge in [-0.25, -0.2) is 4.68 Å². The van der Waals surface area contributed by atoms with E-state index in [0.717, 1.165) is 19.6 Å². The summed E-state index contributed by atoms with van der Waals surface area (Å²) in [6.07, 6.45) is 1.69. The average Bonchev–Trinajstić information content (AvgIpc) is 2.87. The first-order valence-corrected chi connectivity index (χ1v) is 6.83. The van der Waals surface area contributed by atoms with E-state index in [1.807, 2.05) is 0 Å². The summed E-state index contributed by atoms with van der Waals surface area (Å²) in [5, 5.41) is 10.7. The molecular formula is C12H23N7O. The molecule has 1 aromatic heterocycles. The van der Waals surface area contributed by atoms with E-state index in [9.17, 15) is 4.79 Å². The Balaban J connectivity index is 1.76. The molecule has 1 aromatic rings. The number of piperazine rings is 1. The van der Waals surface area contributed by atoms with Crippen molar-refractivity contribution in [2.24, 2.45) is 5.73 Å². The Morgan fingerprint density at radius 2 is 2.30 bits per heavy atom. The molecule has 0 bridgehead atoms. The van der Waals surface area contributed by atoms with E-state index in [2.05, 4.69) is 39.5 Å². The monoisotopic (exact) mass is 281 g/mol. The fraction of sp³-hybridized carbons (Fsp3) is 0.750. The molecule has 3 N–H and O–H groups in total. The molecule has 1 saturated heterocycles. The normalized spacial score (nSPS) is 21.1. The zero-order valence-electron chi connectivity index (χ0n) is 12.1. The maximum atomic E-state index is 11.9. The minimum Gasteiger partial charge on any atom is -0.353 e. The highest BCUT2D eigenvalue weighted by molar-refractivity contribution is 5.75. The van der Waals surface area contributed by atoms with Crippen LogP contribution in [0.4, 0.5) is 0 Å². The minimum absolute atomic E-state index is 0.0555. The van der Waals surface area contributed by atoms with Crippen molar-refractivity contribution in [1.29, 1.82) is 0 Å². The first-order chi connectivity index (χ1) is 9.58. The van der Waals surface area contributed by atoms with Gasteiger partial charge in [0, 0.05) is 38.8 Å². The van der Waals surface area contributed by atoms with Gasteiger partial charge in [-0.05, 0) is 14.1 Å². The van der Waals surface area contributed by atoms with Crippen LogP contribution in [0.25, 0.3) is 0 Å². The lowest BCUT2D eigenvalue weighted by Crippen LogP contribution is -2.54. The molecule has 112 valence electrons. The molecule has 2 rings (SSSR count). The lowest BCUT2D eigenvalue weighted by molar-refractivity contribution is -0.122. The van der Waals surface area contributed by atoms with Gasteiger partial charge in [0.05, 0.1) is 11.9 Å². The first kappa shape index (κ1) is 14.9. The van der Waals surface area contributed by atoms with Crippen LogP contribution in [0.3, 0.4) is 0 Å². The van der Waals surface area contributed by atoms with E-state index in [0.29, 0.717) is 24.8 Å². The quantitative estimate of drug-likeness (QED) is 0.655. The van der Waals surface area contributed by atoms with Gasteiger partial charge in [-0.15, -0.1) is 5.10 Å². The average molecular weight is 281 g/mol. The van der Waals surface area contributed by atoms with Crippen molar-refractivity contribution >= 4 is 5.91 Å². The van der Waals surface area contributed by atoms with Gasteiger partial charge in [0.25, 0.3) is 0 Å². The first-order valence-electron chi connectivity index (χ1n) is 6.83. The van der Waals surface area contributed by atoms with Gasteiger partial charge in [0.15, 0.2) is 0 Å². The number of rotatable bonds is 5. The second-order valence-electron chi connectivity index (χ2n) is 5.31. The summed E-state index contributed by atoms with van der Waals surface area (Å²) in [4.78, 5) is 16.4. The summed E-state index contributed by atoms with van der Waals surface area (Å²) < 4.78 is 1.51. The van der Waals surface area contributed by atoms with Crippen LogP contribution < -0.4 is 11.1 Å². The molecule has 0 spiro atoms. The van der Waals surface area contributed by atoms with Crippen molar-refractivity contribution in [2.45, 2.75) is 19.1 Å². The molecule has 8 nitrogen and oxygen atoms in total. The van der Waals surface area contributed by atoms with E-state index in [1.54, 1.807) is 6.20 Å². The Kier molecular flexibility index (Phi) is 5.05. The predicted octanol–water partition coefficient (Wildman–Crippen LogP) is -1.90. The number of amides is 1. The van der Waals surface area contributed by atoms with Crippen LogP contribution in [-0.4, -0.2) is 77.0 Å². The Bertz CT molecular complexity index is 447. The van der Waals surface area contributed by atoms with Gasteiger partial charge in [-0.2, -0.15) is 0 Å². The summed E-state index contributed by atoms with van der Waals surface area (Å²) in [5.74, 6) is -0.0555. The molecule has 0 aromatic carbocycles. The van der Waals surface area contributed by atoms with Gasteiger partial charge in [-0.1, -0.05) is 5.21 Å². The third-order valence-corrected chi connectivity index (χ3v) is 3.62. The number of nitrogens with two attached hydrogens (primary N) is 1. The largest absolute Gasteiger partial charge is 0.353 e. The third-order valence-electron chi connectivity index (χ3n) is 3.62. The maximum Gasteiger partial charge on any atom is 0.241 e. The molecule has 20 heavy (non-hydrogen) atoms. The zero-order chi connectivity index (χ0) is 14.5. The number of carbonyl (C=O) groups excluding carboxylic acids is 1. The molecule has 1 fully saturated rings. The number of hydrogen-bond acceptors (Lipinski definition) is 6. The van der Waals surface area contributed by atoms with Crippen LogP contribution >= 0.6 is 0 Å². The maximum absolute atomic E-state index is 11.9. The van der Waals surface area contributed by atoms with Gasteiger partial charge in [0.2, 0.25) is 5.91 Å². The van der Waals surface area contributed by atoms with Crippen molar-refractivity contribution in [3.63, 3.8) is 0 Å². The fourth-order valence-corrected chi connectivity index (χ4v) is 2.27. The van der Waals surface area contributed by atoms with Crippen LogP contribution in [0.2, 0.25) is 0 Å². The number of nitrogens with one attached hydrogen (secondary N) is 1. The Hall–Kier alpha value is -1.51. The van der Waals surface area contributed by atoms with Crippen LogP contribution in [0.5, 0.6) is 0 Å². The summed E-state index contributed by atoms with van der Waals surface area (Å²) in [6, 6.07) is 0.355. The molecular weight excluding hydrogens is 258 g/mol. The number of aromatic nitrogens is 3. The SMILES string of the molecule is CN1CCN(C)C(CNC(=O)Cn2cc(CN)nn2)C1. The van der Waals surface area contributed by atoms with E-state index >= 15 is 0 Å². The molecule has 1 aliphatic heterocycles. The molecule has 1 atom stereocenters. The highest BCUT2D eigenvalue weighted by Crippen LogP contribution is 2.04. The van der Waals surface area contributed by atoms with Gasteiger partial charge < -0.3 is 16.0 Å². The van der Waals surface area contributed by atoms with Crippen LogP contribution in [0.15, 0.2) is 6.20 Å². The second-order valence-corrected chi connectivity index (χ2v) is 5.31. The van der Waals surface area contributed by atoms with E-state index in [-0.39, 0.29) is 12.5 Å². The Labute approximate surface area is 118 Å². The molecule has 0 radical (unpaired) electrons. The summed E-state index contributed by atoms with van der Waals surface area (Å²) >= 11 is 0. The fourth-order valence-electron chi connectivity index (χ4n) is 2.27. The second kappa shape index (κ2) is 6.78. The Morgan fingerprint density at radius 1 is 1.50 bits per heavy atom. The van der Waals surface area contributed by atoms with Crippen molar-refractivity contribution in [1.82, 2.24) is 30.1 Å². The zero-order valence-corrected chi connectivity index (χ0v) is 12.1. The highest BCUT2D eigenvalue weighted by Gasteiger charge is 2.22. The number of nitrogens with zero attached hydrogens (tertiary/aromatic N) is 5. The molecule has 8 heteroatoms. The van der Waals surface area contributed by atoms with Crippen LogP contribution in [0.1, 0.15) is 5.69 Å². The number of carbonyl (C=O) groups is 1. The van der Waals surface area contributed by atoms with Crippen LogP contribution in [0, 0.1) is 0 Å². The van der Waals surface area contributed by atoms with Gasteiger partial charge in [-0.3, -0.25) is 9.69 Å². The molecule has 1 unspecified atom stereocenters. The lowest BCUT2D eigenvalue weighted by Gasteiger charge is -2.37. The summed E-state index contributed by atoms with van der Waals surface area (Å²) in [7, 11) is 4.19. The van der Waals surface area contributed by atoms with Gasteiger partial charge in [0.1, 0.15) is 6.54 Å². The topological polar surface area (TPSA) is 92.3 Å². The molecule has 0 aliphatic carbocycles. The van der Waals surface area contributed by atoms with E-state index < -0.39 is 0 Å². The highest BCUT2D eigenvalue weighted by atomic mass is 16.2. The van der Waals surface area contributed by atoms with Crippen molar-refractivity contribution in [3.8, 4) is 0 Å². The third kappa shape index (κ3) is 3.99. The number of likely N-dealkylation sites (N-methyl/N-ethyl adjacent to an activating group) is 2. The molecule has 2 heterocycles. The van der Waals surface area contributed by atoms with Crippen molar-refractivity contribution in [3.05, 3.63) is 11.9 Å². The molecule has 0 saturated carbocycles. The van der Waals surface area contributed by atoms with Crippen molar-refractivity contribution in [2.75, 3.05) is 40.3 Å². The summed E-state index contributed by atoms with van der Waals surface area (Å²) in [5.41, 5.74) is 6.14. The van der Waals surface area contributed by atoms with Crippen LogP contribution in [-0.2, 0) is 17.9 Å². The van der Waals surface area contributed by atoms with Gasteiger partial charge >= 0.3 is 0 Å². The summed E-state index contributed by atoms with van der Waals surface area (Å²) in [6.45, 7) is 4.23. The smallest absolute Gasteiger partial charge is 0.241 e. The van der Waals surface area contributed by atoms with Crippen molar-refractivity contribution < 1.29 is 4.79 Å². The molecule has 1 aliphatic rings. The van der Waals surface area contributed by atoms with E-state index in [1.165, 1.54) is 4.68 Å². The standard InChI is InChI=1S/C12H23N7O/c1-17-3-4-18(2)11(8-17)6-14-12(20)9-19-7-10(5-13)15-16-19/h7,11H,3-6,8-9,13H2,1-2H3,(H,14,20). The lowest BCUT2D eigenvalue weighted by atomic mass is 10.2. The molecule has 1 amide bonds. The Morgan fingerprint density at radius 3 is 3.00 bits per heavy atom. The number of hydrogen-bond donors (Lipinski definition) is 2. The van der Waals surface area contributed by atoms with E-state index in [4.69, 9.17) is 5.73 Å². The minimum atomic E-state index is -0.0555.